The van der Waals surface area contributed by atoms with Crippen molar-refractivity contribution in [3.63, 3.8) is 0 Å². The average molecular weight is 413 g/mol. The summed E-state index contributed by atoms with van der Waals surface area (Å²) in [5, 5.41) is 20.6. The highest BCUT2D eigenvalue weighted by atomic mass is 32.2. The van der Waals surface area contributed by atoms with Gasteiger partial charge in [0.2, 0.25) is 0 Å². The lowest BCUT2D eigenvalue weighted by Gasteiger charge is -2.19. The highest BCUT2D eigenvalue weighted by Gasteiger charge is 2.17. The maximum absolute atomic E-state index is 10.4. The van der Waals surface area contributed by atoms with E-state index in [0.717, 1.165) is 23.6 Å². The molecule has 1 aromatic heterocycles. The molecule has 0 radical (unpaired) electrons. The summed E-state index contributed by atoms with van der Waals surface area (Å²) in [6, 6.07) is 12.9. The van der Waals surface area contributed by atoms with E-state index in [2.05, 4.69) is 51.1 Å². The first-order valence-corrected chi connectivity index (χ1v) is 11.8. The summed E-state index contributed by atoms with van der Waals surface area (Å²) in [6.07, 6.45) is 3.93. The molecule has 1 atom stereocenters. The summed E-state index contributed by atoms with van der Waals surface area (Å²) in [4.78, 5) is 5.90. The number of aromatic nitrogens is 1. The number of fused-ring (bicyclic) bond motifs is 1. The lowest BCUT2D eigenvalue weighted by molar-refractivity contribution is 0.225. The Kier molecular flexibility index (Phi) is 7.09. The van der Waals surface area contributed by atoms with Gasteiger partial charge in [-0.2, -0.15) is 5.26 Å². The van der Waals surface area contributed by atoms with Crippen LogP contribution in [0.2, 0.25) is 0 Å². The van der Waals surface area contributed by atoms with Crippen molar-refractivity contribution in [2.45, 2.75) is 67.9 Å². The van der Waals surface area contributed by atoms with Crippen molar-refractivity contribution >= 4 is 23.5 Å². The van der Waals surface area contributed by atoms with Crippen molar-refractivity contribution < 1.29 is 5.11 Å². The molecule has 0 aliphatic heterocycles. The van der Waals surface area contributed by atoms with Crippen LogP contribution in [0.15, 0.2) is 40.3 Å². The van der Waals surface area contributed by atoms with Gasteiger partial charge in [0.15, 0.2) is 0 Å². The maximum Gasteiger partial charge on any atom is 0.114 e. The number of thioether (sulfide) groups is 2. The van der Waals surface area contributed by atoms with Gasteiger partial charge in [-0.3, -0.25) is 0 Å². The second-order valence-electron chi connectivity index (χ2n) is 8.32. The molecule has 0 saturated carbocycles. The first-order chi connectivity index (χ1) is 13.4. The molecule has 0 fully saturated rings. The highest BCUT2D eigenvalue weighted by molar-refractivity contribution is 8.00. The number of aryl methyl sites for hydroxylation is 2. The van der Waals surface area contributed by atoms with Crippen LogP contribution in [0, 0.1) is 11.3 Å². The fourth-order valence-electron chi connectivity index (χ4n) is 3.27. The molecule has 148 valence electrons. The van der Waals surface area contributed by atoms with Crippen LogP contribution in [-0.4, -0.2) is 27.7 Å². The van der Waals surface area contributed by atoms with Gasteiger partial charge in [-0.1, -0.05) is 32.9 Å². The normalized spacial score (nSPS) is 15.0. The molecule has 1 N–H and O–H groups in total. The summed E-state index contributed by atoms with van der Waals surface area (Å²) < 4.78 is 0. The lowest BCUT2D eigenvalue weighted by atomic mass is 9.87. The number of nitrogens with zero attached hydrogens (tertiary/aromatic N) is 2. The third-order valence-electron chi connectivity index (χ3n) is 4.96. The molecule has 3 rings (SSSR count). The Balaban J connectivity index is 1.54. The summed E-state index contributed by atoms with van der Waals surface area (Å²) in [6.45, 7) is 6.63. The van der Waals surface area contributed by atoms with E-state index in [0.29, 0.717) is 17.1 Å². The van der Waals surface area contributed by atoms with Crippen molar-refractivity contribution in [1.82, 2.24) is 4.98 Å². The van der Waals surface area contributed by atoms with Crippen LogP contribution in [-0.2, 0) is 18.3 Å². The van der Waals surface area contributed by atoms with Crippen LogP contribution in [0.1, 0.15) is 56.0 Å². The molecule has 1 unspecified atom stereocenters. The van der Waals surface area contributed by atoms with Crippen LogP contribution in [0.5, 0.6) is 0 Å². The van der Waals surface area contributed by atoms with Gasteiger partial charge in [-0.05, 0) is 60.4 Å². The van der Waals surface area contributed by atoms with Crippen molar-refractivity contribution in [2.75, 3.05) is 11.5 Å². The maximum atomic E-state index is 10.4. The lowest BCUT2D eigenvalue weighted by Crippen LogP contribution is -2.14. The van der Waals surface area contributed by atoms with Gasteiger partial charge in [0.1, 0.15) is 11.1 Å². The SMILES string of the molecule is CC(C)(C)c1ccc(SCC(O)CSc2nc3c(cc2C#N)CCCC3)cc1. The van der Waals surface area contributed by atoms with Crippen molar-refractivity contribution in [3.05, 3.63) is 52.7 Å². The van der Waals surface area contributed by atoms with Gasteiger partial charge < -0.3 is 5.11 Å². The minimum absolute atomic E-state index is 0.152. The predicted molar refractivity (Wildman–Crippen MR) is 118 cm³/mol. The highest BCUT2D eigenvalue weighted by Crippen LogP contribution is 2.29. The Morgan fingerprint density at radius 1 is 1.11 bits per heavy atom. The molecule has 0 spiro atoms. The van der Waals surface area contributed by atoms with Crippen molar-refractivity contribution in [3.8, 4) is 6.07 Å². The minimum atomic E-state index is -0.443. The van der Waals surface area contributed by atoms with E-state index in [1.54, 1.807) is 11.8 Å². The van der Waals surface area contributed by atoms with Gasteiger partial charge >= 0.3 is 0 Å². The smallest absolute Gasteiger partial charge is 0.114 e. The third kappa shape index (κ3) is 5.53. The van der Waals surface area contributed by atoms with Crippen LogP contribution in [0.4, 0.5) is 0 Å². The summed E-state index contributed by atoms with van der Waals surface area (Å²) in [5.74, 6) is 1.18. The van der Waals surface area contributed by atoms with Crippen LogP contribution in [0.25, 0.3) is 0 Å². The Hall–Kier alpha value is -1.48. The van der Waals surface area contributed by atoms with Crippen molar-refractivity contribution in [1.29, 1.82) is 5.26 Å². The zero-order chi connectivity index (χ0) is 20.1. The second-order valence-corrected chi connectivity index (χ2v) is 10.4. The van der Waals surface area contributed by atoms with Gasteiger partial charge in [-0.15, -0.1) is 23.5 Å². The number of hydrogen-bond acceptors (Lipinski definition) is 5. The van der Waals surface area contributed by atoms with E-state index in [4.69, 9.17) is 4.98 Å². The van der Waals surface area contributed by atoms with Gasteiger partial charge in [-0.25, -0.2) is 4.98 Å². The molecular formula is C23H28N2OS2. The number of aliphatic hydroxyl groups is 1. The van der Waals surface area contributed by atoms with E-state index >= 15 is 0 Å². The minimum Gasteiger partial charge on any atom is -0.391 e. The third-order valence-corrected chi connectivity index (χ3v) is 7.25. The molecule has 3 nitrogen and oxygen atoms in total. The molecule has 0 amide bonds. The van der Waals surface area contributed by atoms with Gasteiger partial charge in [0.25, 0.3) is 0 Å². The molecule has 1 aliphatic carbocycles. The zero-order valence-corrected chi connectivity index (χ0v) is 18.5. The molecule has 2 aromatic rings. The fourth-order valence-corrected chi connectivity index (χ4v) is 5.15. The summed E-state index contributed by atoms with van der Waals surface area (Å²) >= 11 is 3.16. The molecule has 1 aliphatic rings. The van der Waals surface area contributed by atoms with E-state index in [1.165, 1.54) is 40.6 Å². The van der Waals surface area contributed by atoms with Crippen molar-refractivity contribution in [2.24, 2.45) is 0 Å². The molecule has 1 heterocycles. The van der Waals surface area contributed by atoms with E-state index in [1.807, 2.05) is 6.07 Å². The fraction of sp³-hybridized carbons (Fsp3) is 0.478. The first-order valence-electron chi connectivity index (χ1n) is 9.84. The number of pyridine rings is 1. The number of nitriles is 1. The van der Waals surface area contributed by atoms with E-state index in [-0.39, 0.29) is 5.41 Å². The molecular weight excluding hydrogens is 384 g/mol. The molecule has 0 bridgehead atoms. The second kappa shape index (κ2) is 9.35. The summed E-state index contributed by atoms with van der Waals surface area (Å²) in [5.41, 5.74) is 4.47. The average Bonchev–Trinajstić information content (AvgIpc) is 2.69. The van der Waals surface area contributed by atoms with Crippen LogP contribution >= 0.6 is 23.5 Å². The standard InChI is InChI=1S/C23H28N2OS2/c1-23(2,3)18-8-10-20(11-9-18)27-14-19(26)15-28-22-17(13-24)12-16-6-4-5-7-21(16)25-22/h8-12,19,26H,4-7,14-15H2,1-3H3. The van der Waals surface area contributed by atoms with Gasteiger partial charge in [0, 0.05) is 22.1 Å². The predicted octanol–water partition coefficient (Wildman–Crippen LogP) is 5.37. The Bertz CT molecular complexity index is 851. The molecule has 28 heavy (non-hydrogen) atoms. The molecule has 5 heteroatoms. The molecule has 1 aromatic carbocycles. The van der Waals surface area contributed by atoms with Gasteiger partial charge in [0.05, 0.1) is 11.7 Å². The monoisotopic (exact) mass is 412 g/mol. The Morgan fingerprint density at radius 2 is 1.79 bits per heavy atom. The topological polar surface area (TPSA) is 56.9 Å². The summed E-state index contributed by atoms with van der Waals surface area (Å²) in [7, 11) is 0. The first kappa shape index (κ1) is 21.2. The van der Waals surface area contributed by atoms with Crippen LogP contribution < -0.4 is 0 Å². The Labute approximate surface area is 177 Å². The zero-order valence-electron chi connectivity index (χ0n) is 16.9. The number of rotatable bonds is 6. The number of hydrogen-bond donors (Lipinski definition) is 1. The molecule has 0 saturated heterocycles. The number of aliphatic hydroxyl groups excluding tert-OH is 1. The van der Waals surface area contributed by atoms with E-state index < -0.39 is 6.10 Å². The quantitative estimate of drug-likeness (QED) is 0.646. The Morgan fingerprint density at radius 3 is 2.46 bits per heavy atom. The van der Waals surface area contributed by atoms with E-state index in [9.17, 15) is 10.4 Å². The number of benzene rings is 1. The largest absolute Gasteiger partial charge is 0.391 e. The van der Waals surface area contributed by atoms with Crippen LogP contribution in [0.3, 0.4) is 0 Å².